The molecule has 1 aromatic heterocycles. The third-order valence-electron chi connectivity index (χ3n) is 3.21. The van der Waals surface area contributed by atoms with Crippen LogP contribution in [0.25, 0.3) is 5.69 Å². The molecule has 0 saturated heterocycles. The molecule has 22 heavy (non-hydrogen) atoms. The number of carbonyl (C=O) groups excluding carboxylic acids is 2. The maximum absolute atomic E-state index is 12.3. The van der Waals surface area contributed by atoms with Crippen molar-refractivity contribution in [1.29, 1.82) is 0 Å². The second kappa shape index (κ2) is 5.12. The average molecular weight is 403 g/mol. The van der Waals surface area contributed by atoms with E-state index in [4.69, 9.17) is 28.9 Å². The smallest absolute Gasteiger partial charge is 0.262 e. The van der Waals surface area contributed by atoms with E-state index in [2.05, 4.69) is 21.2 Å². The van der Waals surface area contributed by atoms with Gasteiger partial charge in [-0.2, -0.15) is 0 Å². The first kappa shape index (κ1) is 15.1. The molecule has 0 fully saturated rings. The Kier molecular flexibility index (Phi) is 3.51. The van der Waals surface area contributed by atoms with Gasteiger partial charge in [-0.3, -0.25) is 24.3 Å². The number of benzene rings is 1. The molecule has 9 heteroatoms. The maximum Gasteiger partial charge on any atom is 0.262 e. The van der Waals surface area contributed by atoms with E-state index in [1.54, 1.807) is 0 Å². The molecule has 2 amide bonds. The molecule has 112 valence electrons. The van der Waals surface area contributed by atoms with Gasteiger partial charge in [-0.1, -0.05) is 23.2 Å². The molecule has 0 radical (unpaired) electrons. The quantitative estimate of drug-likeness (QED) is 0.565. The van der Waals surface area contributed by atoms with Gasteiger partial charge in [-0.05, 0) is 28.1 Å². The number of imide groups is 1. The normalized spacial score (nSPS) is 13.2. The fraction of sp³-hybridized carbons (Fsp3) is 0. The van der Waals surface area contributed by atoms with Crippen LogP contribution in [0.4, 0.5) is 5.82 Å². The Morgan fingerprint density at radius 1 is 1.14 bits per heavy atom. The van der Waals surface area contributed by atoms with Crippen molar-refractivity contribution >= 4 is 56.8 Å². The number of amides is 2. The molecule has 0 bridgehead atoms. The minimum absolute atomic E-state index is 0.0482. The molecule has 0 aliphatic carbocycles. The lowest BCUT2D eigenvalue weighted by Crippen LogP contribution is -2.24. The Balaban J connectivity index is 2.38. The van der Waals surface area contributed by atoms with E-state index in [1.807, 2.05) is 0 Å². The first-order chi connectivity index (χ1) is 10.3. The maximum atomic E-state index is 12.3. The van der Waals surface area contributed by atoms with Gasteiger partial charge in [0.15, 0.2) is 0 Å². The fourth-order valence-electron chi connectivity index (χ4n) is 2.22. The van der Waals surface area contributed by atoms with Crippen LogP contribution in [0.5, 0.6) is 0 Å². The van der Waals surface area contributed by atoms with E-state index in [0.29, 0.717) is 9.50 Å². The SMILES string of the molecule is Nc1c2c(cc(=O)n1-c1ccc(Cl)c(Br)c1Cl)C(=O)NC2=O. The van der Waals surface area contributed by atoms with E-state index in [0.717, 1.165) is 10.6 Å². The van der Waals surface area contributed by atoms with E-state index in [-0.39, 0.29) is 27.7 Å². The van der Waals surface area contributed by atoms with E-state index < -0.39 is 17.4 Å². The summed E-state index contributed by atoms with van der Waals surface area (Å²) in [6.45, 7) is 0. The molecule has 0 spiro atoms. The largest absolute Gasteiger partial charge is 0.384 e. The summed E-state index contributed by atoms with van der Waals surface area (Å²) in [5.41, 5.74) is 5.48. The zero-order chi connectivity index (χ0) is 16.2. The van der Waals surface area contributed by atoms with Crippen molar-refractivity contribution in [1.82, 2.24) is 9.88 Å². The number of halogens is 3. The number of nitrogens with two attached hydrogens (primary N) is 1. The second-order valence-corrected chi connectivity index (χ2v) is 6.05. The fourth-order valence-corrected chi connectivity index (χ4v) is 3.01. The number of rotatable bonds is 1. The molecule has 1 aliphatic rings. The number of nitrogens with zero attached hydrogens (tertiary/aromatic N) is 1. The molecule has 3 N–H and O–H groups in total. The Bertz CT molecular complexity index is 924. The topological polar surface area (TPSA) is 94.2 Å². The van der Waals surface area contributed by atoms with Crippen LogP contribution in [0.15, 0.2) is 27.5 Å². The number of nitrogens with one attached hydrogen (secondary N) is 1. The summed E-state index contributed by atoms with van der Waals surface area (Å²) in [4.78, 5) is 35.7. The van der Waals surface area contributed by atoms with Crippen molar-refractivity contribution < 1.29 is 9.59 Å². The Morgan fingerprint density at radius 3 is 2.50 bits per heavy atom. The molecule has 0 saturated carbocycles. The summed E-state index contributed by atoms with van der Waals surface area (Å²) < 4.78 is 1.45. The summed E-state index contributed by atoms with van der Waals surface area (Å²) in [7, 11) is 0. The lowest BCUT2D eigenvalue weighted by atomic mass is 10.1. The zero-order valence-electron chi connectivity index (χ0n) is 10.6. The van der Waals surface area contributed by atoms with Crippen LogP contribution < -0.4 is 16.6 Å². The van der Waals surface area contributed by atoms with Crippen LogP contribution in [0.2, 0.25) is 10.0 Å². The van der Waals surface area contributed by atoms with Crippen LogP contribution in [-0.2, 0) is 0 Å². The lowest BCUT2D eigenvalue weighted by molar-refractivity contribution is 0.0880. The predicted octanol–water partition coefficient (Wildman–Crippen LogP) is 2.37. The Labute approximate surface area is 141 Å². The van der Waals surface area contributed by atoms with Crippen LogP contribution in [0.3, 0.4) is 0 Å². The van der Waals surface area contributed by atoms with Gasteiger partial charge in [0.2, 0.25) is 0 Å². The van der Waals surface area contributed by atoms with Gasteiger partial charge in [-0.25, -0.2) is 0 Å². The zero-order valence-corrected chi connectivity index (χ0v) is 13.7. The molecular formula is C13H6BrCl2N3O3. The number of anilines is 1. The van der Waals surface area contributed by atoms with Gasteiger partial charge < -0.3 is 5.73 Å². The molecular weight excluding hydrogens is 397 g/mol. The van der Waals surface area contributed by atoms with Gasteiger partial charge in [0.05, 0.1) is 31.3 Å². The highest BCUT2D eigenvalue weighted by Gasteiger charge is 2.32. The molecule has 2 heterocycles. The van der Waals surface area contributed by atoms with Crippen LogP contribution in [0, 0.1) is 0 Å². The van der Waals surface area contributed by atoms with Crippen molar-refractivity contribution in [3.8, 4) is 5.69 Å². The molecule has 1 aliphatic heterocycles. The standard InChI is InChI=1S/C13H6BrCl2N3O3/c14-9-5(15)1-2-6(10(9)16)19-7(20)3-4-8(11(19)17)13(22)18-12(4)21/h1-3H,17H2,(H,18,21,22). The van der Waals surface area contributed by atoms with Gasteiger partial charge in [0.1, 0.15) is 5.82 Å². The number of carbonyl (C=O) groups is 2. The summed E-state index contributed by atoms with van der Waals surface area (Å²) in [5, 5.41) is 2.60. The predicted molar refractivity (Wildman–Crippen MR) is 86.0 cm³/mol. The molecule has 0 unspecified atom stereocenters. The molecule has 0 atom stereocenters. The number of nitrogen functional groups attached to an aromatic ring is 1. The highest BCUT2D eigenvalue weighted by Crippen LogP contribution is 2.36. The van der Waals surface area contributed by atoms with Gasteiger partial charge >= 0.3 is 0 Å². The number of aromatic nitrogens is 1. The molecule has 3 rings (SSSR count). The number of hydrogen-bond donors (Lipinski definition) is 2. The van der Waals surface area contributed by atoms with Crippen molar-refractivity contribution in [2.24, 2.45) is 0 Å². The van der Waals surface area contributed by atoms with Crippen LogP contribution >= 0.6 is 39.1 Å². The lowest BCUT2D eigenvalue weighted by Gasteiger charge is -2.14. The third-order valence-corrected chi connectivity index (χ3v) is 5.19. The average Bonchev–Trinajstić information content (AvgIpc) is 2.73. The number of fused-ring (bicyclic) bond motifs is 1. The summed E-state index contributed by atoms with van der Waals surface area (Å²) in [6.07, 6.45) is 0. The first-order valence-electron chi connectivity index (χ1n) is 5.88. The number of hydrogen-bond acceptors (Lipinski definition) is 4. The summed E-state index contributed by atoms with van der Waals surface area (Å²) in [5.74, 6) is -1.48. The minimum atomic E-state index is -0.657. The Hall–Kier alpha value is -1.83. The van der Waals surface area contributed by atoms with Crippen LogP contribution in [0.1, 0.15) is 20.7 Å². The highest BCUT2D eigenvalue weighted by atomic mass is 79.9. The molecule has 6 nitrogen and oxygen atoms in total. The summed E-state index contributed by atoms with van der Waals surface area (Å²) >= 11 is 15.3. The van der Waals surface area contributed by atoms with Gasteiger partial charge in [0, 0.05) is 6.07 Å². The van der Waals surface area contributed by atoms with E-state index in [1.165, 1.54) is 12.1 Å². The molecule has 2 aromatic rings. The minimum Gasteiger partial charge on any atom is -0.384 e. The van der Waals surface area contributed by atoms with E-state index >= 15 is 0 Å². The van der Waals surface area contributed by atoms with Gasteiger partial charge in [-0.15, -0.1) is 0 Å². The van der Waals surface area contributed by atoms with E-state index in [9.17, 15) is 14.4 Å². The summed E-state index contributed by atoms with van der Waals surface area (Å²) in [6, 6.07) is 4.07. The van der Waals surface area contributed by atoms with Gasteiger partial charge in [0.25, 0.3) is 17.4 Å². The Morgan fingerprint density at radius 2 is 1.82 bits per heavy atom. The third kappa shape index (κ3) is 2.05. The van der Waals surface area contributed by atoms with Crippen molar-refractivity contribution in [3.63, 3.8) is 0 Å². The monoisotopic (exact) mass is 401 g/mol. The van der Waals surface area contributed by atoms with Crippen molar-refractivity contribution in [3.05, 3.63) is 54.2 Å². The molecule has 1 aromatic carbocycles. The van der Waals surface area contributed by atoms with Crippen LogP contribution in [-0.4, -0.2) is 16.4 Å². The second-order valence-electron chi connectivity index (χ2n) is 4.47. The first-order valence-corrected chi connectivity index (χ1v) is 7.43. The van der Waals surface area contributed by atoms with Crippen molar-refractivity contribution in [2.45, 2.75) is 0 Å². The number of pyridine rings is 1. The van der Waals surface area contributed by atoms with Crippen molar-refractivity contribution in [2.75, 3.05) is 5.73 Å². The highest BCUT2D eigenvalue weighted by molar-refractivity contribution is 9.10.